The van der Waals surface area contributed by atoms with Crippen LogP contribution in [0.1, 0.15) is 6.92 Å². The highest BCUT2D eigenvalue weighted by atomic mass is 19.4. The standard InChI is InChI=1S/C2H4F2.CHF3/c1-2(3)4;2-1(3)4/h2H,1H3;1H. The molecule has 0 aliphatic carbocycles. The summed E-state index contributed by atoms with van der Waals surface area (Å²) in [6.07, 6.45) is -2.17. The summed E-state index contributed by atoms with van der Waals surface area (Å²) in [6, 6.07) is 0. The third-order valence-corrected chi connectivity index (χ3v) is 0. The molecule has 0 aromatic heterocycles. The van der Waals surface area contributed by atoms with Crippen molar-refractivity contribution in [3.8, 4) is 0 Å². The van der Waals surface area contributed by atoms with E-state index in [9.17, 15) is 22.0 Å². The summed E-state index contributed by atoms with van der Waals surface area (Å²) in [5, 5.41) is 0. The zero-order valence-corrected chi connectivity index (χ0v) is 4.04. The summed E-state index contributed by atoms with van der Waals surface area (Å²) < 4.78 is 49.7. The molecule has 0 spiro atoms. The van der Waals surface area contributed by atoms with Gasteiger partial charge in [-0.1, -0.05) is 0 Å². The Morgan fingerprint density at radius 1 is 0.875 bits per heavy atom. The third-order valence-electron chi connectivity index (χ3n) is 0. The summed E-state index contributed by atoms with van der Waals surface area (Å²) in [5.74, 6) is 0. The van der Waals surface area contributed by atoms with Gasteiger partial charge in [0, 0.05) is 0 Å². The number of hydrogen-bond acceptors (Lipinski definition) is 0. The Morgan fingerprint density at radius 3 is 0.875 bits per heavy atom. The largest absolute Gasteiger partial charge is 0.379 e. The van der Waals surface area contributed by atoms with E-state index in [0.29, 0.717) is 0 Å². The first kappa shape index (κ1) is 10.6. The van der Waals surface area contributed by atoms with Crippen molar-refractivity contribution >= 4 is 0 Å². The summed E-state index contributed by atoms with van der Waals surface area (Å²) in [4.78, 5) is 0. The topological polar surface area (TPSA) is 0 Å². The predicted molar refractivity (Wildman–Crippen MR) is 18.8 cm³/mol. The van der Waals surface area contributed by atoms with Gasteiger partial charge in [0.1, 0.15) is 0 Å². The average molecular weight is 136 g/mol. The van der Waals surface area contributed by atoms with Crippen molar-refractivity contribution in [3.05, 3.63) is 0 Å². The van der Waals surface area contributed by atoms with Gasteiger partial charge in [-0.25, -0.2) is 8.78 Å². The van der Waals surface area contributed by atoms with Crippen LogP contribution in [0.5, 0.6) is 0 Å². The van der Waals surface area contributed by atoms with Crippen LogP contribution in [-0.4, -0.2) is 13.1 Å². The fourth-order valence-corrected chi connectivity index (χ4v) is 0. The highest BCUT2D eigenvalue weighted by molar-refractivity contribution is 4.06. The minimum atomic E-state index is -3.67. The first-order valence-corrected chi connectivity index (χ1v) is 1.67. The molecule has 0 radical (unpaired) electrons. The van der Waals surface area contributed by atoms with Crippen LogP contribution in [0.15, 0.2) is 0 Å². The van der Waals surface area contributed by atoms with E-state index in [1.165, 1.54) is 0 Å². The molecule has 0 aliphatic heterocycles. The summed E-state index contributed by atoms with van der Waals surface area (Å²) in [5.41, 5.74) is 0. The molecule has 0 heterocycles. The van der Waals surface area contributed by atoms with Crippen LogP contribution < -0.4 is 0 Å². The molecule has 0 atom stereocenters. The Balaban J connectivity index is 0. The summed E-state index contributed by atoms with van der Waals surface area (Å²) >= 11 is 0. The van der Waals surface area contributed by atoms with Gasteiger partial charge in [0.2, 0.25) is 6.43 Å². The normalized spacial score (nSPS) is 9.00. The molecular weight excluding hydrogens is 131 g/mol. The highest BCUT2D eigenvalue weighted by Crippen LogP contribution is 1.87. The van der Waals surface area contributed by atoms with E-state index in [2.05, 4.69) is 0 Å². The van der Waals surface area contributed by atoms with E-state index < -0.39 is 13.1 Å². The minimum Gasteiger partial charge on any atom is -0.211 e. The lowest BCUT2D eigenvalue weighted by Gasteiger charge is -1.70. The lowest BCUT2D eigenvalue weighted by atomic mass is 10.9. The lowest BCUT2D eigenvalue weighted by molar-refractivity contribution is 0.00819. The molecule has 0 bridgehead atoms. The van der Waals surface area contributed by atoms with Gasteiger partial charge >= 0.3 is 6.68 Å². The predicted octanol–water partition coefficient (Wildman–Crippen LogP) is 2.45. The van der Waals surface area contributed by atoms with Crippen molar-refractivity contribution < 1.29 is 22.0 Å². The summed E-state index contributed by atoms with van der Waals surface area (Å²) in [7, 11) is 0. The molecule has 5 heteroatoms. The first-order valence-electron chi connectivity index (χ1n) is 1.67. The van der Waals surface area contributed by atoms with Crippen LogP contribution in [0.3, 0.4) is 0 Å². The number of hydrogen-bond donors (Lipinski definition) is 0. The van der Waals surface area contributed by atoms with Crippen LogP contribution in [0.2, 0.25) is 0 Å². The van der Waals surface area contributed by atoms with Gasteiger partial charge in [0.15, 0.2) is 0 Å². The molecule has 0 aromatic carbocycles. The molecule has 0 aliphatic rings. The molecule has 0 saturated carbocycles. The molecule has 0 saturated heterocycles. The van der Waals surface area contributed by atoms with Crippen LogP contribution in [0.25, 0.3) is 0 Å². The van der Waals surface area contributed by atoms with Crippen LogP contribution in [-0.2, 0) is 0 Å². The molecular formula is C3H5F5. The van der Waals surface area contributed by atoms with Crippen molar-refractivity contribution in [2.24, 2.45) is 0 Å². The average Bonchev–Trinajstić information content (AvgIpc) is 1.25. The quantitative estimate of drug-likeness (QED) is 0.448. The SMILES string of the molecule is CC(F)F.FC(F)F. The Bertz CT molecular complexity index is 23.1. The molecule has 0 unspecified atom stereocenters. The minimum absolute atomic E-state index is 0.833. The zero-order chi connectivity index (χ0) is 7.15. The second kappa shape index (κ2) is 6.65. The van der Waals surface area contributed by atoms with E-state index in [0.717, 1.165) is 6.92 Å². The van der Waals surface area contributed by atoms with Gasteiger partial charge < -0.3 is 0 Å². The van der Waals surface area contributed by atoms with E-state index in [-0.39, 0.29) is 0 Å². The first-order chi connectivity index (χ1) is 3.46. The Kier molecular flexibility index (Phi) is 8.81. The second-order valence-electron chi connectivity index (χ2n) is 0.766. The molecule has 0 N–H and O–H groups in total. The van der Waals surface area contributed by atoms with Gasteiger partial charge in [0.05, 0.1) is 0 Å². The molecule has 0 rings (SSSR count). The zero-order valence-electron chi connectivity index (χ0n) is 4.04. The number of halogens is 5. The van der Waals surface area contributed by atoms with Crippen LogP contribution in [0.4, 0.5) is 22.0 Å². The third kappa shape index (κ3) is 997. The summed E-state index contributed by atoms with van der Waals surface area (Å²) in [6.45, 7) is -2.83. The molecule has 0 nitrogen and oxygen atoms in total. The van der Waals surface area contributed by atoms with Crippen LogP contribution >= 0.6 is 0 Å². The van der Waals surface area contributed by atoms with E-state index in [1.54, 1.807) is 0 Å². The molecule has 0 aromatic rings. The molecule has 0 amide bonds. The maximum Gasteiger partial charge on any atom is 0.379 e. The van der Waals surface area contributed by atoms with E-state index in [4.69, 9.17) is 0 Å². The number of alkyl halides is 5. The lowest BCUT2D eigenvalue weighted by Crippen LogP contribution is -1.69. The van der Waals surface area contributed by atoms with Gasteiger partial charge in [0.25, 0.3) is 0 Å². The smallest absolute Gasteiger partial charge is 0.211 e. The van der Waals surface area contributed by atoms with Crippen molar-refractivity contribution in [1.82, 2.24) is 0 Å². The van der Waals surface area contributed by atoms with Gasteiger partial charge in [-0.05, 0) is 6.92 Å². The van der Waals surface area contributed by atoms with Gasteiger partial charge in [-0.2, -0.15) is 13.2 Å². The maximum atomic E-state index is 10.3. The molecule has 52 valence electrons. The Labute approximate surface area is 43.3 Å². The van der Waals surface area contributed by atoms with Crippen molar-refractivity contribution in [1.29, 1.82) is 0 Å². The van der Waals surface area contributed by atoms with Crippen molar-refractivity contribution in [2.75, 3.05) is 0 Å². The van der Waals surface area contributed by atoms with Gasteiger partial charge in [-0.15, -0.1) is 0 Å². The Morgan fingerprint density at radius 2 is 0.875 bits per heavy atom. The fraction of sp³-hybridized carbons (Fsp3) is 1.00. The number of rotatable bonds is 0. The molecule has 0 fully saturated rings. The van der Waals surface area contributed by atoms with Gasteiger partial charge in [-0.3, -0.25) is 0 Å². The maximum absolute atomic E-state index is 10.3. The highest BCUT2D eigenvalue weighted by Gasteiger charge is 1.86. The van der Waals surface area contributed by atoms with Crippen molar-refractivity contribution in [2.45, 2.75) is 20.0 Å². The monoisotopic (exact) mass is 136 g/mol. The Hall–Kier alpha value is -0.350. The fourth-order valence-electron chi connectivity index (χ4n) is 0. The molecule has 8 heavy (non-hydrogen) atoms. The van der Waals surface area contributed by atoms with E-state index in [1.807, 2.05) is 0 Å². The van der Waals surface area contributed by atoms with Crippen molar-refractivity contribution in [3.63, 3.8) is 0 Å². The van der Waals surface area contributed by atoms with E-state index >= 15 is 0 Å². The van der Waals surface area contributed by atoms with Crippen LogP contribution in [0, 0.1) is 0 Å². The second-order valence-corrected chi connectivity index (χ2v) is 0.766.